The fourth-order valence-electron chi connectivity index (χ4n) is 2.17. The molecule has 4 nitrogen and oxygen atoms in total. The Morgan fingerprint density at radius 3 is 2.35 bits per heavy atom. The Hall–Kier alpha value is -1.36. The molecule has 1 aromatic carbocycles. The predicted octanol–water partition coefficient (Wildman–Crippen LogP) is 3.13. The zero-order valence-corrected chi connectivity index (χ0v) is 12.8. The lowest BCUT2D eigenvalue weighted by atomic mass is 9.99. The molecule has 1 N–H and O–H groups in total. The molecular weight excluding hydrogens is 276 g/mol. The van der Waals surface area contributed by atoms with Gasteiger partial charge in [0.2, 0.25) is 0 Å². The first-order chi connectivity index (χ1) is 9.39. The van der Waals surface area contributed by atoms with Crippen molar-refractivity contribution in [1.29, 1.82) is 0 Å². The SMILES string of the molecule is CCCCC(C)CC(C(=O)O)S(=O)(=O)c1ccccc1. The Morgan fingerprint density at radius 2 is 1.85 bits per heavy atom. The molecule has 0 fully saturated rings. The summed E-state index contributed by atoms with van der Waals surface area (Å²) in [6.07, 6.45) is 3.02. The highest BCUT2D eigenvalue weighted by atomic mass is 32.2. The average Bonchev–Trinajstić information content (AvgIpc) is 2.43. The number of rotatable bonds is 8. The number of carbonyl (C=O) groups is 1. The number of carboxylic acids is 1. The minimum atomic E-state index is -3.82. The van der Waals surface area contributed by atoms with E-state index in [1.54, 1.807) is 18.2 Å². The first-order valence-electron chi connectivity index (χ1n) is 6.91. The lowest BCUT2D eigenvalue weighted by Gasteiger charge is -2.18. The minimum Gasteiger partial charge on any atom is -0.480 e. The molecule has 0 aliphatic heterocycles. The summed E-state index contributed by atoms with van der Waals surface area (Å²) in [4.78, 5) is 11.4. The molecule has 0 aliphatic carbocycles. The van der Waals surface area contributed by atoms with Crippen LogP contribution in [0.15, 0.2) is 35.2 Å². The molecule has 112 valence electrons. The molecule has 5 heteroatoms. The van der Waals surface area contributed by atoms with E-state index in [0.717, 1.165) is 19.3 Å². The van der Waals surface area contributed by atoms with E-state index < -0.39 is 21.1 Å². The summed E-state index contributed by atoms with van der Waals surface area (Å²) in [5, 5.41) is 7.90. The van der Waals surface area contributed by atoms with E-state index in [4.69, 9.17) is 0 Å². The topological polar surface area (TPSA) is 71.4 Å². The third-order valence-electron chi connectivity index (χ3n) is 3.39. The van der Waals surface area contributed by atoms with Crippen LogP contribution in [0.1, 0.15) is 39.5 Å². The van der Waals surface area contributed by atoms with Gasteiger partial charge in [-0.05, 0) is 24.5 Å². The number of benzene rings is 1. The molecule has 1 aromatic rings. The highest BCUT2D eigenvalue weighted by molar-refractivity contribution is 7.92. The van der Waals surface area contributed by atoms with Gasteiger partial charge in [0, 0.05) is 0 Å². The van der Waals surface area contributed by atoms with Crippen molar-refractivity contribution >= 4 is 15.8 Å². The van der Waals surface area contributed by atoms with Crippen molar-refractivity contribution in [2.75, 3.05) is 0 Å². The molecule has 0 spiro atoms. The van der Waals surface area contributed by atoms with Crippen LogP contribution in [0.4, 0.5) is 0 Å². The molecule has 0 radical (unpaired) electrons. The first-order valence-corrected chi connectivity index (χ1v) is 8.46. The molecule has 0 saturated carbocycles. The van der Waals surface area contributed by atoms with E-state index in [2.05, 4.69) is 6.92 Å². The van der Waals surface area contributed by atoms with Gasteiger partial charge in [0.25, 0.3) is 0 Å². The smallest absolute Gasteiger partial charge is 0.322 e. The molecule has 2 atom stereocenters. The third-order valence-corrected chi connectivity index (χ3v) is 5.46. The van der Waals surface area contributed by atoms with Crippen LogP contribution in [0.3, 0.4) is 0 Å². The van der Waals surface area contributed by atoms with Crippen LogP contribution in [0.5, 0.6) is 0 Å². The number of aliphatic carboxylic acids is 1. The van der Waals surface area contributed by atoms with E-state index in [9.17, 15) is 18.3 Å². The van der Waals surface area contributed by atoms with Gasteiger partial charge >= 0.3 is 5.97 Å². The van der Waals surface area contributed by atoms with Crippen LogP contribution in [0.2, 0.25) is 0 Å². The maximum Gasteiger partial charge on any atom is 0.322 e. The molecule has 0 aromatic heterocycles. The number of carboxylic acid groups (broad SMARTS) is 1. The lowest BCUT2D eigenvalue weighted by molar-refractivity contribution is -0.136. The van der Waals surface area contributed by atoms with Gasteiger partial charge < -0.3 is 5.11 Å². The van der Waals surface area contributed by atoms with E-state index >= 15 is 0 Å². The summed E-state index contributed by atoms with van der Waals surface area (Å²) in [6.45, 7) is 3.97. The van der Waals surface area contributed by atoms with E-state index in [1.165, 1.54) is 12.1 Å². The highest BCUT2D eigenvalue weighted by Gasteiger charge is 2.34. The zero-order valence-electron chi connectivity index (χ0n) is 12.0. The van der Waals surface area contributed by atoms with Crippen molar-refractivity contribution in [3.8, 4) is 0 Å². The standard InChI is InChI=1S/C15H22O4S/c1-3-4-8-12(2)11-14(15(16)17)20(18,19)13-9-6-5-7-10-13/h5-7,9-10,12,14H,3-4,8,11H2,1-2H3,(H,16,17). The summed E-state index contributed by atoms with van der Waals surface area (Å²) >= 11 is 0. The fourth-order valence-corrected chi connectivity index (χ4v) is 3.88. The van der Waals surface area contributed by atoms with Crippen molar-refractivity contribution in [2.24, 2.45) is 5.92 Å². The Morgan fingerprint density at radius 1 is 1.25 bits per heavy atom. The van der Waals surface area contributed by atoms with Crippen molar-refractivity contribution in [3.05, 3.63) is 30.3 Å². The van der Waals surface area contributed by atoms with Gasteiger partial charge in [0.05, 0.1) is 4.90 Å². The molecular formula is C15H22O4S. The van der Waals surface area contributed by atoms with E-state index in [0.29, 0.717) is 0 Å². The van der Waals surface area contributed by atoms with Gasteiger partial charge in [-0.15, -0.1) is 0 Å². The molecule has 0 heterocycles. The van der Waals surface area contributed by atoms with Gasteiger partial charge in [-0.1, -0.05) is 51.3 Å². The molecule has 1 rings (SSSR count). The molecule has 20 heavy (non-hydrogen) atoms. The summed E-state index contributed by atoms with van der Waals surface area (Å²) in [5.41, 5.74) is 0. The van der Waals surface area contributed by atoms with Gasteiger partial charge in [-0.2, -0.15) is 0 Å². The molecule has 0 bridgehead atoms. The van der Waals surface area contributed by atoms with Crippen molar-refractivity contribution in [3.63, 3.8) is 0 Å². The molecule has 0 amide bonds. The van der Waals surface area contributed by atoms with Crippen molar-refractivity contribution in [2.45, 2.75) is 49.7 Å². The van der Waals surface area contributed by atoms with Crippen LogP contribution >= 0.6 is 0 Å². The summed E-state index contributed by atoms with van der Waals surface area (Å²) in [7, 11) is -3.82. The van der Waals surface area contributed by atoms with Crippen LogP contribution in [0.25, 0.3) is 0 Å². The van der Waals surface area contributed by atoms with Crippen LogP contribution in [0, 0.1) is 5.92 Å². The first kappa shape index (κ1) is 16.7. The predicted molar refractivity (Wildman–Crippen MR) is 78.4 cm³/mol. The minimum absolute atomic E-state index is 0.0783. The van der Waals surface area contributed by atoms with Gasteiger partial charge in [-0.3, -0.25) is 4.79 Å². The Balaban J connectivity index is 2.94. The number of hydrogen-bond acceptors (Lipinski definition) is 3. The highest BCUT2D eigenvalue weighted by Crippen LogP contribution is 2.24. The maximum atomic E-state index is 12.4. The third kappa shape index (κ3) is 4.34. The van der Waals surface area contributed by atoms with Gasteiger partial charge in [0.15, 0.2) is 15.1 Å². The average molecular weight is 298 g/mol. The van der Waals surface area contributed by atoms with E-state index in [-0.39, 0.29) is 17.2 Å². The van der Waals surface area contributed by atoms with Crippen LogP contribution in [-0.4, -0.2) is 24.7 Å². The number of hydrogen-bond donors (Lipinski definition) is 1. The van der Waals surface area contributed by atoms with Gasteiger partial charge in [0.1, 0.15) is 0 Å². The quantitative estimate of drug-likeness (QED) is 0.800. The summed E-state index contributed by atoms with van der Waals surface area (Å²) in [6, 6.07) is 7.81. The second-order valence-electron chi connectivity index (χ2n) is 5.17. The Kier molecular flexibility index (Phi) is 6.20. The molecule has 0 aliphatic rings. The molecule has 0 saturated heterocycles. The summed E-state index contributed by atoms with van der Waals surface area (Å²) in [5.74, 6) is -1.19. The second-order valence-corrected chi connectivity index (χ2v) is 7.30. The second kappa shape index (κ2) is 7.43. The zero-order chi connectivity index (χ0) is 15.2. The Bertz CT molecular complexity index is 522. The number of unbranched alkanes of at least 4 members (excludes halogenated alkanes) is 1. The largest absolute Gasteiger partial charge is 0.480 e. The summed E-state index contributed by atoms with van der Waals surface area (Å²) < 4.78 is 24.8. The normalized spacial score (nSPS) is 14.7. The van der Waals surface area contributed by atoms with Crippen LogP contribution in [-0.2, 0) is 14.6 Å². The Labute approximate surface area is 120 Å². The monoisotopic (exact) mass is 298 g/mol. The lowest BCUT2D eigenvalue weighted by Crippen LogP contribution is -2.32. The van der Waals surface area contributed by atoms with Crippen molar-refractivity contribution in [1.82, 2.24) is 0 Å². The van der Waals surface area contributed by atoms with Crippen molar-refractivity contribution < 1.29 is 18.3 Å². The van der Waals surface area contributed by atoms with Gasteiger partial charge in [-0.25, -0.2) is 8.42 Å². The maximum absolute atomic E-state index is 12.4. The number of sulfone groups is 1. The van der Waals surface area contributed by atoms with Crippen LogP contribution < -0.4 is 0 Å². The molecule has 2 unspecified atom stereocenters. The fraction of sp³-hybridized carbons (Fsp3) is 0.533. The van der Waals surface area contributed by atoms with E-state index in [1.807, 2.05) is 6.92 Å².